The van der Waals surface area contributed by atoms with Gasteiger partial charge >= 0.3 is 0 Å². The molecular weight excluding hydrogens is 280 g/mol. The van der Waals surface area contributed by atoms with Gasteiger partial charge in [-0.15, -0.1) is 0 Å². The molecule has 1 aromatic carbocycles. The first-order valence-corrected chi connectivity index (χ1v) is 6.77. The number of amides is 2. The summed E-state index contributed by atoms with van der Waals surface area (Å²) in [4.78, 5) is 22.9. The number of ether oxygens (including phenoxy) is 2. The Balaban J connectivity index is 1.91. The fraction of sp³-hybridized carbons (Fsp3) is 0.385. The van der Waals surface area contributed by atoms with Crippen molar-refractivity contribution in [2.75, 3.05) is 12.5 Å². The molecule has 1 aromatic rings. The number of fused-ring (bicyclic) bond motifs is 1. The molecular formula is C13H16N2O4S. The fourth-order valence-corrected chi connectivity index (χ4v) is 2.06. The van der Waals surface area contributed by atoms with Crippen molar-refractivity contribution in [2.24, 2.45) is 0 Å². The second kappa shape index (κ2) is 6.51. The maximum Gasteiger partial charge on any atom is 0.243 e. The third-order valence-corrected chi connectivity index (χ3v) is 3.15. The summed E-state index contributed by atoms with van der Waals surface area (Å²) in [6.45, 7) is 1.93. The normalized spacial score (nSPS) is 13.7. The minimum absolute atomic E-state index is 0.218. The highest BCUT2D eigenvalue weighted by molar-refractivity contribution is 7.80. The number of thiol groups is 1. The zero-order valence-electron chi connectivity index (χ0n) is 11.0. The third kappa shape index (κ3) is 3.57. The van der Waals surface area contributed by atoms with Gasteiger partial charge < -0.3 is 20.1 Å². The quantitative estimate of drug-likeness (QED) is 0.690. The molecule has 0 aliphatic carbocycles. The minimum Gasteiger partial charge on any atom is -0.454 e. The van der Waals surface area contributed by atoms with Crippen LogP contribution < -0.4 is 20.1 Å². The maximum absolute atomic E-state index is 11.9. The number of benzene rings is 1. The SMILES string of the molecule is CC(=O)NC(CS)C(=O)NCc1ccc2c(c1)OCO2. The molecule has 20 heavy (non-hydrogen) atoms. The summed E-state index contributed by atoms with van der Waals surface area (Å²) in [5, 5.41) is 5.28. The standard InChI is InChI=1S/C13H16N2O4S/c1-8(16)15-10(6-20)13(17)14-5-9-2-3-11-12(4-9)19-7-18-11/h2-4,10,20H,5-7H2,1H3,(H,14,17)(H,15,16). The Kier molecular flexibility index (Phi) is 4.73. The molecule has 7 heteroatoms. The average molecular weight is 296 g/mol. The van der Waals surface area contributed by atoms with Crippen LogP contribution in [-0.4, -0.2) is 30.4 Å². The van der Waals surface area contributed by atoms with Crippen molar-refractivity contribution in [2.45, 2.75) is 19.5 Å². The molecule has 108 valence electrons. The predicted octanol–water partition coefficient (Wildman–Crippen LogP) is 0.466. The Morgan fingerprint density at radius 3 is 2.80 bits per heavy atom. The van der Waals surface area contributed by atoms with Crippen molar-refractivity contribution in [3.8, 4) is 11.5 Å². The molecule has 0 bridgehead atoms. The largest absolute Gasteiger partial charge is 0.454 e. The van der Waals surface area contributed by atoms with Gasteiger partial charge in [0.15, 0.2) is 11.5 Å². The molecule has 0 radical (unpaired) electrons. The lowest BCUT2D eigenvalue weighted by Crippen LogP contribution is -2.47. The molecule has 0 saturated heterocycles. The van der Waals surface area contributed by atoms with Crippen LogP contribution in [0.1, 0.15) is 12.5 Å². The van der Waals surface area contributed by atoms with E-state index in [4.69, 9.17) is 9.47 Å². The second-order valence-corrected chi connectivity index (χ2v) is 4.71. The van der Waals surface area contributed by atoms with Gasteiger partial charge in [0.05, 0.1) is 0 Å². The van der Waals surface area contributed by atoms with Crippen molar-refractivity contribution in [3.05, 3.63) is 23.8 Å². The van der Waals surface area contributed by atoms with Gasteiger partial charge in [-0.2, -0.15) is 12.6 Å². The first-order valence-electron chi connectivity index (χ1n) is 6.14. The van der Waals surface area contributed by atoms with E-state index in [1.165, 1.54) is 6.92 Å². The van der Waals surface area contributed by atoms with Crippen LogP contribution in [0.25, 0.3) is 0 Å². The lowest BCUT2D eigenvalue weighted by atomic mass is 10.2. The summed E-state index contributed by atoms with van der Waals surface area (Å²) in [5.74, 6) is 1.08. The van der Waals surface area contributed by atoms with Crippen LogP contribution in [0.3, 0.4) is 0 Å². The Bertz CT molecular complexity index is 521. The monoisotopic (exact) mass is 296 g/mol. The van der Waals surface area contributed by atoms with Crippen LogP contribution in [0, 0.1) is 0 Å². The molecule has 1 heterocycles. The molecule has 0 spiro atoms. The van der Waals surface area contributed by atoms with Gasteiger partial charge in [0.1, 0.15) is 6.04 Å². The van der Waals surface area contributed by atoms with Crippen molar-refractivity contribution in [1.82, 2.24) is 10.6 Å². The molecule has 2 rings (SSSR count). The van der Waals surface area contributed by atoms with E-state index in [0.717, 1.165) is 5.56 Å². The summed E-state index contributed by atoms with van der Waals surface area (Å²) >= 11 is 4.05. The highest BCUT2D eigenvalue weighted by Gasteiger charge is 2.18. The molecule has 0 aromatic heterocycles. The summed E-state index contributed by atoms with van der Waals surface area (Å²) in [5.41, 5.74) is 0.892. The number of carbonyl (C=O) groups is 2. The van der Waals surface area contributed by atoms with Gasteiger partial charge in [0, 0.05) is 19.2 Å². The van der Waals surface area contributed by atoms with E-state index in [2.05, 4.69) is 23.3 Å². The molecule has 6 nitrogen and oxygen atoms in total. The van der Waals surface area contributed by atoms with Gasteiger partial charge in [-0.1, -0.05) is 6.07 Å². The van der Waals surface area contributed by atoms with Crippen molar-refractivity contribution >= 4 is 24.4 Å². The highest BCUT2D eigenvalue weighted by atomic mass is 32.1. The number of hydrogen-bond acceptors (Lipinski definition) is 5. The van der Waals surface area contributed by atoms with Crippen LogP contribution in [0.2, 0.25) is 0 Å². The van der Waals surface area contributed by atoms with E-state index in [9.17, 15) is 9.59 Å². The van der Waals surface area contributed by atoms with E-state index in [1.54, 1.807) is 6.07 Å². The zero-order valence-corrected chi connectivity index (χ0v) is 11.9. The predicted molar refractivity (Wildman–Crippen MR) is 75.9 cm³/mol. The maximum atomic E-state index is 11.9. The molecule has 2 N–H and O–H groups in total. The Hall–Kier alpha value is -1.89. The van der Waals surface area contributed by atoms with Crippen LogP contribution >= 0.6 is 12.6 Å². The Morgan fingerprint density at radius 1 is 1.35 bits per heavy atom. The van der Waals surface area contributed by atoms with E-state index >= 15 is 0 Å². The summed E-state index contributed by atoms with van der Waals surface area (Å²) in [6, 6.07) is 4.83. The van der Waals surface area contributed by atoms with Crippen LogP contribution in [0.4, 0.5) is 0 Å². The van der Waals surface area contributed by atoms with Gasteiger partial charge in [-0.05, 0) is 17.7 Å². The van der Waals surface area contributed by atoms with Crippen LogP contribution in [0.15, 0.2) is 18.2 Å². The lowest BCUT2D eigenvalue weighted by molar-refractivity contribution is -0.127. The van der Waals surface area contributed by atoms with E-state index in [0.29, 0.717) is 18.0 Å². The fourth-order valence-electron chi connectivity index (χ4n) is 1.80. The van der Waals surface area contributed by atoms with Crippen molar-refractivity contribution in [1.29, 1.82) is 0 Å². The number of nitrogens with one attached hydrogen (secondary N) is 2. The summed E-state index contributed by atoms with van der Waals surface area (Å²) in [6.07, 6.45) is 0. The minimum atomic E-state index is -0.634. The first-order chi connectivity index (χ1) is 9.60. The zero-order chi connectivity index (χ0) is 14.5. The lowest BCUT2D eigenvalue weighted by Gasteiger charge is -2.15. The number of rotatable bonds is 5. The average Bonchev–Trinajstić information content (AvgIpc) is 2.89. The van der Waals surface area contributed by atoms with Gasteiger partial charge in [-0.3, -0.25) is 9.59 Å². The topological polar surface area (TPSA) is 76.7 Å². The van der Waals surface area contributed by atoms with Crippen LogP contribution in [-0.2, 0) is 16.1 Å². The van der Waals surface area contributed by atoms with Gasteiger partial charge in [-0.25, -0.2) is 0 Å². The summed E-state index contributed by atoms with van der Waals surface area (Å²) in [7, 11) is 0. The second-order valence-electron chi connectivity index (χ2n) is 4.34. The Labute approximate surface area is 122 Å². The third-order valence-electron chi connectivity index (χ3n) is 2.78. The van der Waals surface area contributed by atoms with Crippen LogP contribution in [0.5, 0.6) is 11.5 Å². The molecule has 1 unspecified atom stereocenters. The van der Waals surface area contributed by atoms with E-state index < -0.39 is 6.04 Å². The van der Waals surface area contributed by atoms with Crippen molar-refractivity contribution in [3.63, 3.8) is 0 Å². The highest BCUT2D eigenvalue weighted by Crippen LogP contribution is 2.32. The first kappa shape index (κ1) is 14.5. The Morgan fingerprint density at radius 2 is 2.10 bits per heavy atom. The molecule has 1 atom stereocenters. The number of carbonyl (C=O) groups excluding carboxylic acids is 2. The van der Waals surface area contributed by atoms with E-state index in [-0.39, 0.29) is 24.4 Å². The van der Waals surface area contributed by atoms with Crippen molar-refractivity contribution < 1.29 is 19.1 Å². The smallest absolute Gasteiger partial charge is 0.243 e. The molecule has 0 saturated carbocycles. The molecule has 1 aliphatic rings. The summed E-state index contributed by atoms with van der Waals surface area (Å²) < 4.78 is 10.5. The molecule has 1 aliphatic heterocycles. The van der Waals surface area contributed by atoms with Gasteiger partial charge in [0.2, 0.25) is 18.6 Å². The molecule has 0 fully saturated rings. The van der Waals surface area contributed by atoms with Gasteiger partial charge in [0.25, 0.3) is 0 Å². The number of hydrogen-bond donors (Lipinski definition) is 3. The van der Waals surface area contributed by atoms with E-state index in [1.807, 2.05) is 12.1 Å². The molecule has 2 amide bonds.